The number of carboxylic acid groups (broad SMARTS) is 1. The zero-order valence-corrected chi connectivity index (χ0v) is 19.2. The molecular weight excluding hydrogens is 459 g/mol. The third-order valence-corrected chi connectivity index (χ3v) is 5.50. The first kappa shape index (κ1) is 24.0. The van der Waals surface area contributed by atoms with Gasteiger partial charge < -0.3 is 24.6 Å². The highest BCUT2D eigenvalue weighted by Crippen LogP contribution is 2.41. The van der Waals surface area contributed by atoms with Crippen LogP contribution in [0.3, 0.4) is 0 Å². The zero-order valence-electron chi connectivity index (χ0n) is 17.7. The third kappa shape index (κ3) is 5.56. The number of rotatable bonds is 6. The normalized spacial score (nSPS) is 13.8. The van der Waals surface area contributed by atoms with E-state index in [1.807, 2.05) is 13.8 Å². The molecule has 172 valence electrons. The van der Waals surface area contributed by atoms with Gasteiger partial charge in [0.1, 0.15) is 18.0 Å². The molecule has 2 aromatic rings. The van der Waals surface area contributed by atoms with Crippen LogP contribution in [-0.2, 0) is 9.53 Å². The maximum atomic E-state index is 13.0. The lowest BCUT2D eigenvalue weighted by Crippen LogP contribution is -2.49. The smallest absolute Gasteiger partial charge is 0.325 e. The molecule has 0 saturated carbocycles. The first-order chi connectivity index (χ1) is 15.2. The number of anilines is 1. The van der Waals surface area contributed by atoms with E-state index >= 15 is 0 Å². The highest BCUT2D eigenvalue weighted by molar-refractivity contribution is 6.37. The number of hydrogen-bond acceptors (Lipinski definition) is 5. The van der Waals surface area contributed by atoms with Crippen molar-refractivity contribution in [2.45, 2.75) is 19.8 Å². The standard InChI is InChI=1S/C22H24Cl2N2O6/c1-13(2)16-11-15(3-4-19(16)27)32-21-17(23)9-14(10-18(21)24)26(12-20(28)29)22(30)25-5-7-31-8-6-25/h3-4,9-11,13,27H,5-8,12H2,1-2H3,(H,28,29). The van der Waals surface area contributed by atoms with Crippen molar-refractivity contribution in [2.75, 3.05) is 37.7 Å². The summed E-state index contributed by atoms with van der Waals surface area (Å²) in [5.41, 5.74) is 0.940. The Bertz CT molecular complexity index is 985. The Morgan fingerprint density at radius 3 is 2.34 bits per heavy atom. The highest BCUT2D eigenvalue weighted by Gasteiger charge is 2.27. The molecule has 8 nitrogen and oxygen atoms in total. The van der Waals surface area contributed by atoms with Crippen LogP contribution >= 0.6 is 23.2 Å². The van der Waals surface area contributed by atoms with Crippen LogP contribution in [-0.4, -0.2) is 60.0 Å². The first-order valence-electron chi connectivity index (χ1n) is 10.0. The molecule has 2 N–H and O–H groups in total. The minimum atomic E-state index is -1.18. The van der Waals surface area contributed by atoms with Crippen LogP contribution in [0.25, 0.3) is 0 Å². The van der Waals surface area contributed by atoms with Gasteiger partial charge in [0.05, 0.1) is 23.3 Å². The number of carbonyl (C=O) groups is 2. The van der Waals surface area contributed by atoms with Gasteiger partial charge in [-0.3, -0.25) is 9.69 Å². The molecule has 10 heteroatoms. The summed E-state index contributed by atoms with van der Waals surface area (Å²) in [7, 11) is 0. The van der Waals surface area contributed by atoms with Crippen LogP contribution in [0.1, 0.15) is 25.3 Å². The van der Waals surface area contributed by atoms with Crippen LogP contribution < -0.4 is 9.64 Å². The molecule has 3 rings (SSSR count). The van der Waals surface area contributed by atoms with Crippen LogP contribution in [0.5, 0.6) is 17.2 Å². The number of aromatic hydroxyl groups is 1. The average Bonchev–Trinajstić information content (AvgIpc) is 2.75. The lowest BCUT2D eigenvalue weighted by molar-refractivity contribution is -0.135. The van der Waals surface area contributed by atoms with E-state index in [-0.39, 0.29) is 33.1 Å². The number of benzene rings is 2. The quantitative estimate of drug-likeness (QED) is 0.603. The summed E-state index contributed by atoms with van der Waals surface area (Å²) >= 11 is 12.8. The zero-order chi connectivity index (χ0) is 23.4. The van der Waals surface area contributed by atoms with E-state index < -0.39 is 18.5 Å². The maximum Gasteiger partial charge on any atom is 0.325 e. The van der Waals surface area contributed by atoms with Gasteiger partial charge in [-0.05, 0) is 36.2 Å². The number of amides is 2. The van der Waals surface area contributed by atoms with E-state index in [2.05, 4.69) is 0 Å². The summed E-state index contributed by atoms with van der Waals surface area (Å²) in [6.45, 7) is 4.80. The molecule has 0 aliphatic carbocycles. The number of halogens is 2. The highest BCUT2D eigenvalue weighted by atomic mass is 35.5. The summed E-state index contributed by atoms with van der Waals surface area (Å²) < 4.78 is 11.1. The summed E-state index contributed by atoms with van der Waals surface area (Å²) in [6, 6.07) is 7.20. The topological polar surface area (TPSA) is 99.5 Å². The van der Waals surface area contributed by atoms with Gasteiger partial charge in [0.2, 0.25) is 0 Å². The van der Waals surface area contributed by atoms with Crippen LogP contribution in [0.15, 0.2) is 30.3 Å². The van der Waals surface area contributed by atoms with Crippen LogP contribution in [0.4, 0.5) is 10.5 Å². The molecule has 1 aliphatic rings. The second kappa shape index (κ2) is 10.3. The van der Waals surface area contributed by atoms with E-state index in [0.717, 1.165) is 4.90 Å². The third-order valence-electron chi connectivity index (χ3n) is 4.94. The van der Waals surface area contributed by atoms with Crippen molar-refractivity contribution in [3.63, 3.8) is 0 Å². The molecule has 1 aliphatic heterocycles. The Labute approximate surface area is 195 Å². The summed E-state index contributed by atoms with van der Waals surface area (Å²) in [5.74, 6) is -0.362. The molecule has 0 radical (unpaired) electrons. The van der Waals surface area contributed by atoms with E-state index in [9.17, 15) is 19.8 Å². The Hall–Kier alpha value is -2.68. The molecule has 0 aromatic heterocycles. The molecule has 1 saturated heterocycles. The minimum absolute atomic E-state index is 0.0719. The summed E-state index contributed by atoms with van der Waals surface area (Å²) in [4.78, 5) is 27.0. The molecule has 32 heavy (non-hydrogen) atoms. The number of ether oxygens (including phenoxy) is 2. The van der Waals surface area contributed by atoms with Gasteiger partial charge in [0, 0.05) is 24.3 Å². The number of urea groups is 1. The molecule has 0 bridgehead atoms. The fourth-order valence-corrected chi connectivity index (χ4v) is 3.86. The Kier molecular flexibility index (Phi) is 7.71. The van der Waals surface area contributed by atoms with Crippen LogP contribution in [0.2, 0.25) is 10.0 Å². The first-order valence-corrected chi connectivity index (χ1v) is 10.8. The number of carbonyl (C=O) groups excluding carboxylic acids is 1. The van der Waals surface area contributed by atoms with E-state index in [4.69, 9.17) is 32.7 Å². The van der Waals surface area contributed by atoms with Crippen molar-refractivity contribution in [2.24, 2.45) is 0 Å². The molecule has 2 aromatic carbocycles. The number of phenols is 1. The van der Waals surface area contributed by atoms with Gasteiger partial charge in [0.25, 0.3) is 0 Å². The van der Waals surface area contributed by atoms with E-state index in [1.54, 1.807) is 12.1 Å². The maximum absolute atomic E-state index is 13.0. The second-order valence-corrected chi connectivity index (χ2v) is 8.39. The summed E-state index contributed by atoms with van der Waals surface area (Å²) in [5, 5.41) is 19.5. The van der Waals surface area contributed by atoms with Gasteiger partial charge in [-0.25, -0.2) is 4.79 Å². The SMILES string of the molecule is CC(C)c1cc(Oc2c(Cl)cc(N(CC(=O)O)C(=O)N3CCOCC3)cc2Cl)ccc1O. The van der Waals surface area contributed by atoms with Gasteiger partial charge >= 0.3 is 12.0 Å². The van der Waals surface area contributed by atoms with Crippen LogP contribution in [0, 0.1) is 0 Å². The van der Waals surface area contributed by atoms with Gasteiger partial charge in [0.15, 0.2) is 5.75 Å². The van der Waals surface area contributed by atoms with Gasteiger partial charge in [-0.2, -0.15) is 0 Å². The number of hydrogen-bond donors (Lipinski definition) is 2. The van der Waals surface area contributed by atoms with Gasteiger partial charge in [-0.1, -0.05) is 37.0 Å². The molecule has 1 heterocycles. The second-order valence-electron chi connectivity index (χ2n) is 7.58. The van der Waals surface area contributed by atoms with E-state index in [1.165, 1.54) is 23.1 Å². The van der Waals surface area contributed by atoms with Crippen molar-refractivity contribution in [1.29, 1.82) is 0 Å². The lowest BCUT2D eigenvalue weighted by Gasteiger charge is -2.32. The predicted octanol–water partition coefficient (Wildman–Crippen LogP) is 4.96. The monoisotopic (exact) mass is 482 g/mol. The minimum Gasteiger partial charge on any atom is -0.508 e. The number of aliphatic carboxylic acids is 1. The number of carboxylic acids is 1. The number of nitrogens with zero attached hydrogens (tertiary/aromatic N) is 2. The fourth-order valence-electron chi connectivity index (χ4n) is 3.31. The molecular formula is C22H24Cl2N2O6. The van der Waals surface area contributed by atoms with Crippen molar-refractivity contribution < 1.29 is 29.3 Å². The Morgan fingerprint density at radius 2 is 1.78 bits per heavy atom. The summed E-state index contributed by atoms with van der Waals surface area (Å²) in [6.07, 6.45) is 0. The largest absolute Gasteiger partial charge is 0.508 e. The van der Waals surface area contributed by atoms with Crippen molar-refractivity contribution in [1.82, 2.24) is 4.90 Å². The Morgan fingerprint density at radius 1 is 1.16 bits per heavy atom. The fraction of sp³-hybridized carbons (Fsp3) is 0.364. The molecule has 0 atom stereocenters. The van der Waals surface area contributed by atoms with E-state index in [0.29, 0.717) is 37.6 Å². The average molecular weight is 483 g/mol. The molecule has 1 fully saturated rings. The lowest BCUT2D eigenvalue weighted by atomic mass is 10.0. The molecule has 0 unspecified atom stereocenters. The Balaban J connectivity index is 1.91. The van der Waals surface area contributed by atoms with Crippen molar-refractivity contribution >= 4 is 40.9 Å². The van der Waals surface area contributed by atoms with Crippen molar-refractivity contribution in [3.05, 3.63) is 45.9 Å². The molecule has 0 spiro atoms. The van der Waals surface area contributed by atoms with Crippen molar-refractivity contribution in [3.8, 4) is 17.2 Å². The van der Waals surface area contributed by atoms with Gasteiger partial charge in [-0.15, -0.1) is 0 Å². The number of morpholine rings is 1. The number of phenolic OH excluding ortho intramolecular Hbond substituents is 1. The predicted molar refractivity (Wildman–Crippen MR) is 122 cm³/mol. The molecule has 2 amide bonds.